The number of rotatable bonds is 5. The van der Waals surface area contributed by atoms with Crippen LogP contribution in [0.3, 0.4) is 0 Å². The topological polar surface area (TPSA) is 15.3 Å². The van der Waals surface area contributed by atoms with Crippen molar-refractivity contribution in [2.24, 2.45) is 11.8 Å². The summed E-state index contributed by atoms with van der Waals surface area (Å²) in [5, 5.41) is 3.59. The highest BCUT2D eigenvalue weighted by Gasteiger charge is 2.25. The van der Waals surface area contributed by atoms with Crippen LogP contribution in [0.25, 0.3) is 0 Å². The second kappa shape index (κ2) is 7.28. The van der Waals surface area contributed by atoms with E-state index in [0.717, 1.165) is 38.0 Å². The van der Waals surface area contributed by atoms with Crippen LogP contribution in [0.15, 0.2) is 21.1 Å². The third kappa shape index (κ3) is 4.22. The van der Waals surface area contributed by atoms with Gasteiger partial charge in [-0.3, -0.25) is 0 Å². The van der Waals surface area contributed by atoms with Crippen LogP contribution in [0, 0.1) is 18.8 Å². The molecule has 0 spiro atoms. The second-order valence-corrected chi connectivity index (χ2v) is 7.94. The van der Waals surface area contributed by atoms with Gasteiger partial charge in [0.2, 0.25) is 0 Å². The van der Waals surface area contributed by atoms with Gasteiger partial charge in [0.05, 0.1) is 5.69 Å². The summed E-state index contributed by atoms with van der Waals surface area (Å²) < 4.78 is 2.39. The van der Waals surface area contributed by atoms with Gasteiger partial charge >= 0.3 is 0 Å². The zero-order valence-corrected chi connectivity index (χ0v) is 15.7. The van der Waals surface area contributed by atoms with Crippen molar-refractivity contribution >= 4 is 37.5 Å². The fraction of sp³-hybridized carbons (Fsp3) is 0.625. The first-order valence-electron chi connectivity index (χ1n) is 7.38. The monoisotopic (exact) mass is 402 g/mol. The lowest BCUT2D eigenvalue weighted by atomic mass is 10.1. The van der Waals surface area contributed by atoms with Gasteiger partial charge in [0.25, 0.3) is 0 Å². The van der Waals surface area contributed by atoms with Crippen molar-refractivity contribution in [1.29, 1.82) is 0 Å². The summed E-state index contributed by atoms with van der Waals surface area (Å²) >= 11 is 7.42. The van der Waals surface area contributed by atoms with Crippen molar-refractivity contribution in [1.82, 2.24) is 5.32 Å². The summed E-state index contributed by atoms with van der Waals surface area (Å²) in [7, 11) is 0. The summed E-state index contributed by atoms with van der Waals surface area (Å²) in [4.78, 5) is 2.50. The van der Waals surface area contributed by atoms with Crippen LogP contribution in [0.4, 0.5) is 5.69 Å². The van der Waals surface area contributed by atoms with Gasteiger partial charge in [-0.25, -0.2) is 0 Å². The highest BCUT2D eigenvalue weighted by Crippen LogP contribution is 2.37. The van der Waals surface area contributed by atoms with Gasteiger partial charge in [-0.2, -0.15) is 0 Å². The number of hydrogen-bond acceptors (Lipinski definition) is 2. The van der Waals surface area contributed by atoms with Gasteiger partial charge in [-0.05, 0) is 87.8 Å². The van der Waals surface area contributed by atoms with Crippen LogP contribution in [0.2, 0.25) is 0 Å². The number of hydrogen-bond donors (Lipinski definition) is 1. The van der Waals surface area contributed by atoms with E-state index < -0.39 is 0 Å². The molecule has 2 rings (SSSR count). The first kappa shape index (κ1) is 16.3. The average Bonchev–Trinajstić information content (AvgIpc) is 2.75. The maximum atomic E-state index is 3.71. The number of halogens is 2. The largest absolute Gasteiger partial charge is 0.369 e. The Labute approximate surface area is 139 Å². The smallest absolute Gasteiger partial charge is 0.0655 e. The van der Waals surface area contributed by atoms with Crippen molar-refractivity contribution in [3.05, 3.63) is 26.6 Å². The molecule has 1 aromatic carbocycles. The van der Waals surface area contributed by atoms with Crippen molar-refractivity contribution in [2.45, 2.75) is 27.2 Å². The fourth-order valence-electron chi connectivity index (χ4n) is 2.77. The number of aryl methyl sites for hydroxylation is 1. The highest BCUT2D eigenvalue weighted by atomic mass is 79.9. The van der Waals surface area contributed by atoms with E-state index in [-0.39, 0.29) is 0 Å². The van der Waals surface area contributed by atoms with Gasteiger partial charge in [-0.15, -0.1) is 0 Å². The number of nitrogens with one attached hydrogen (secondary N) is 1. The van der Waals surface area contributed by atoms with Gasteiger partial charge in [0, 0.05) is 22.0 Å². The van der Waals surface area contributed by atoms with E-state index in [4.69, 9.17) is 0 Å². The Morgan fingerprint density at radius 3 is 2.55 bits per heavy atom. The Morgan fingerprint density at radius 1 is 1.30 bits per heavy atom. The lowest BCUT2D eigenvalue weighted by Crippen LogP contribution is -2.28. The average molecular weight is 404 g/mol. The normalized spacial score (nSPS) is 19.1. The minimum atomic E-state index is 0.730. The molecule has 1 N–H and O–H groups in total. The highest BCUT2D eigenvalue weighted by molar-refractivity contribution is 9.11. The van der Waals surface area contributed by atoms with Crippen LogP contribution < -0.4 is 10.2 Å². The quantitative estimate of drug-likeness (QED) is 0.773. The SMILES string of the molecule is Cc1cc(Br)c(N2CCC(CNCC(C)C)C2)c(Br)c1. The van der Waals surface area contributed by atoms with Crippen LogP contribution in [-0.2, 0) is 0 Å². The molecule has 1 aromatic rings. The van der Waals surface area contributed by atoms with Crippen LogP contribution in [-0.4, -0.2) is 26.2 Å². The van der Waals surface area contributed by atoms with E-state index in [1.807, 2.05) is 0 Å². The lowest BCUT2D eigenvalue weighted by Gasteiger charge is -2.22. The summed E-state index contributed by atoms with van der Waals surface area (Å²) in [6.45, 7) is 11.2. The number of nitrogens with zero attached hydrogens (tertiary/aromatic N) is 1. The van der Waals surface area contributed by atoms with Crippen LogP contribution in [0.5, 0.6) is 0 Å². The van der Waals surface area contributed by atoms with E-state index in [9.17, 15) is 0 Å². The molecule has 0 aromatic heterocycles. The van der Waals surface area contributed by atoms with Crippen LogP contribution >= 0.6 is 31.9 Å². The van der Waals surface area contributed by atoms with E-state index in [2.05, 4.69) is 75.0 Å². The molecular formula is C16H24Br2N2. The summed E-state index contributed by atoms with van der Waals surface area (Å²) in [5.41, 5.74) is 2.59. The Hall–Kier alpha value is -0.0600. The minimum absolute atomic E-state index is 0.730. The van der Waals surface area contributed by atoms with E-state index >= 15 is 0 Å². The molecule has 0 bridgehead atoms. The molecule has 2 nitrogen and oxygen atoms in total. The van der Waals surface area contributed by atoms with Crippen molar-refractivity contribution < 1.29 is 0 Å². The third-order valence-electron chi connectivity index (χ3n) is 3.75. The third-order valence-corrected chi connectivity index (χ3v) is 4.96. The molecule has 0 saturated carbocycles. The van der Waals surface area contributed by atoms with Gasteiger partial charge in [-0.1, -0.05) is 13.8 Å². The molecule has 1 aliphatic rings. The maximum absolute atomic E-state index is 3.71. The first-order chi connectivity index (χ1) is 9.47. The Bertz CT molecular complexity index is 437. The molecule has 1 unspecified atom stereocenters. The molecule has 0 radical (unpaired) electrons. The van der Waals surface area contributed by atoms with Gasteiger partial charge in [0.15, 0.2) is 0 Å². The number of benzene rings is 1. The molecule has 0 aliphatic carbocycles. The molecular weight excluding hydrogens is 380 g/mol. The first-order valence-corrected chi connectivity index (χ1v) is 8.97. The number of anilines is 1. The van der Waals surface area contributed by atoms with E-state index in [1.54, 1.807) is 0 Å². The summed E-state index contributed by atoms with van der Waals surface area (Å²) in [5.74, 6) is 1.49. The Balaban J connectivity index is 1.96. The predicted molar refractivity (Wildman–Crippen MR) is 94.6 cm³/mol. The summed E-state index contributed by atoms with van der Waals surface area (Å²) in [6.07, 6.45) is 1.28. The molecule has 1 atom stereocenters. The zero-order valence-electron chi connectivity index (χ0n) is 12.5. The van der Waals surface area contributed by atoms with Gasteiger partial charge < -0.3 is 10.2 Å². The zero-order chi connectivity index (χ0) is 14.7. The molecule has 0 amide bonds. The standard InChI is InChI=1S/C16H24Br2N2/c1-11(2)8-19-9-13-4-5-20(10-13)16-14(17)6-12(3)7-15(16)18/h6-7,11,13,19H,4-5,8-10H2,1-3H3. The van der Waals surface area contributed by atoms with E-state index in [0.29, 0.717) is 0 Å². The summed E-state index contributed by atoms with van der Waals surface area (Å²) in [6, 6.07) is 4.40. The molecule has 1 fully saturated rings. The van der Waals surface area contributed by atoms with Crippen molar-refractivity contribution in [2.75, 3.05) is 31.1 Å². The molecule has 1 saturated heterocycles. The minimum Gasteiger partial charge on any atom is -0.369 e. The molecule has 1 heterocycles. The Morgan fingerprint density at radius 2 is 1.95 bits per heavy atom. The Kier molecular flexibility index (Phi) is 5.94. The van der Waals surface area contributed by atoms with Crippen molar-refractivity contribution in [3.63, 3.8) is 0 Å². The van der Waals surface area contributed by atoms with E-state index in [1.165, 1.54) is 26.6 Å². The molecule has 20 heavy (non-hydrogen) atoms. The van der Waals surface area contributed by atoms with Crippen molar-refractivity contribution in [3.8, 4) is 0 Å². The molecule has 112 valence electrons. The second-order valence-electron chi connectivity index (χ2n) is 6.23. The predicted octanol–water partition coefficient (Wildman–Crippen LogP) is 4.59. The molecule has 1 aliphatic heterocycles. The van der Waals surface area contributed by atoms with Crippen LogP contribution in [0.1, 0.15) is 25.8 Å². The maximum Gasteiger partial charge on any atom is 0.0655 e. The molecule has 4 heteroatoms. The van der Waals surface area contributed by atoms with Gasteiger partial charge in [0.1, 0.15) is 0 Å². The fourth-order valence-corrected chi connectivity index (χ4v) is 4.69. The lowest BCUT2D eigenvalue weighted by molar-refractivity contribution is 0.477.